The van der Waals surface area contributed by atoms with Crippen LogP contribution in [-0.4, -0.2) is 47.3 Å². The number of rotatable bonds is 6. The Balaban J connectivity index is 1.68. The first-order valence-electron chi connectivity index (χ1n) is 7.01. The standard InChI is InChI=1S/C13H24N4O/c1-3-17-8-4-5-12(9-17)11(2)14-7-6-13-15-10-16-18-13/h10-12,14H,3-9H2,1-2H3. The molecule has 0 saturated carbocycles. The molecule has 1 N–H and O–H groups in total. The van der Waals surface area contributed by atoms with Crippen LogP contribution in [0.5, 0.6) is 0 Å². The predicted molar refractivity (Wildman–Crippen MR) is 70.3 cm³/mol. The molecule has 0 spiro atoms. The van der Waals surface area contributed by atoms with Crippen LogP contribution in [0.4, 0.5) is 0 Å². The fraction of sp³-hybridized carbons (Fsp3) is 0.846. The van der Waals surface area contributed by atoms with Crippen molar-refractivity contribution in [1.29, 1.82) is 0 Å². The topological polar surface area (TPSA) is 54.2 Å². The van der Waals surface area contributed by atoms with Crippen molar-refractivity contribution in [1.82, 2.24) is 20.4 Å². The monoisotopic (exact) mass is 252 g/mol. The summed E-state index contributed by atoms with van der Waals surface area (Å²) in [6, 6.07) is 0.558. The second-order valence-corrected chi connectivity index (χ2v) is 5.12. The molecule has 2 unspecified atom stereocenters. The van der Waals surface area contributed by atoms with E-state index in [1.165, 1.54) is 38.8 Å². The van der Waals surface area contributed by atoms with Crippen molar-refractivity contribution in [3.63, 3.8) is 0 Å². The molecule has 0 radical (unpaired) electrons. The van der Waals surface area contributed by atoms with Gasteiger partial charge in [0, 0.05) is 25.6 Å². The van der Waals surface area contributed by atoms with Gasteiger partial charge in [0.05, 0.1) is 0 Å². The Labute approximate surface area is 109 Å². The molecule has 0 amide bonds. The Hall–Kier alpha value is -0.940. The van der Waals surface area contributed by atoms with Crippen LogP contribution in [0.3, 0.4) is 0 Å². The Bertz CT molecular complexity index is 328. The zero-order chi connectivity index (χ0) is 12.8. The quantitative estimate of drug-likeness (QED) is 0.827. The lowest BCUT2D eigenvalue weighted by Gasteiger charge is -2.35. The number of hydrogen-bond acceptors (Lipinski definition) is 5. The molecule has 5 nitrogen and oxygen atoms in total. The van der Waals surface area contributed by atoms with Gasteiger partial charge in [0.25, 0.3) is 0 Å². The summed E-state index contributed by atoms with van der Waals surface area (Å²) in [6.07, 6.45) is 4.94. The lowest BCUT2D eigenvalue weighted by atomic mass is 9.91. The van der Waals surface area contributed by atoms with E-state index in [1.54, 1.807) is 0 Å². The van der Waals surface area contributed by atoms with Gasteiger partial charge in [0.2, 0.25) is 5.89 Å². The van der Waals surface area contributed by atoms with Gasteiger partial charge < -0.3 is 14.7 Å². The van der Waals surface area contributed by atoms with Crippen LogP contribution in [-0.2, 0) is 6.42 Å². The van der Waals surface area contributed by atoms with Crippen molar-refractivity contribution in [3.05, 3.63) is 12.2 Å². The summed E-state index contributed by atoms with van der Waals surface area (Å²) in [7, 11) is 0. The minimum atomic E-state index is 0.558. The highest BCUT2D eigenvalue weighted by Crippen LogP contribution is 2.19. The molecule has 5 heteroatoms. The van der Waals surface area contributed by atoms with Crippen molar-refractivity contribution in [3.8, 4) is 0 Å². The maximum absolute atomic E-state index is 4.99. The van der Waals surface area contributed by atoms with E-state index in [0.29, 0.717) is 11.9 Å². The van der Waals surface area contributed by atoms with Crippen molar-refractivity contribution in [2.75, 3.05) is 26.2 Å². The summed E-state index contributed by atoms with van der Waals surface area (Å²) in [5.74, 6) is 1.48. The molecule has 1 aromatic heterocycles. The Morgan fingerprint density at radius 2 is 2.50 bits per heavy atom. The highest BCUT2D eigenvalue weighted by atomic mass is 16.5. The lowest BCUT2D eigenvalue weighted by Crippen LogP contribution is -2.44. The number of likely N-dealkylation sites (tertiary alicyclic amines) is 1. The van der Waals surface area contributed by atoms with E-state index in [1.807, 2.05) is 0 Å². The van der Waals surface area contributed by atoms with Crippen LogP contribution >= 0.6 is 0 Å². The van der Waals surface area contributed by atoms with Crippen LogP contribution in [0, 0.1) is 5.92 Å². The van der Waals surface area contributed by atoms with Crippen molar-refractivity contribution < 1.29 is 4.52 Å². The smallest absolute Gasteiger partial charge is 0.227 e. The second kappa shape index (κ2) is 6.85. The Morgan fingerprint density at radius 3 is 3.22 bits per heavy atom. The fourth-order valence-electron chi connectivity index (χ4n) is 2.67. The molecule has 1 saturated heterocycles. The Kier molecular flexibility index (Phi) is 5.13. The van der Waals surface area contributed by atoms with Gasteiger partial charge in [-0.25, -0.2) is 0 Å². The number of hydrogen-bond donors (Lipinski definition) is 1. The molecule has 0 aliphatic carbocycles. The van der Waals surface area contributed by atoms with Crippen LogP contribution in [0.1, 0.15) is 32.6 Å². The molecule has 1 aromatic rings. The molecule has 18 heavy (non-hydrogen) atoms. The molecular weight excluding hydrogens is 228 g/mol. The first-order valence-corrected chi connectivity index (χ1v) is 7.01. The maximum Gasteiger partial charge on any atom is 0.227 e. The zero-order valence-electron chi connectivity index (χ0n) is 11.4. The van der Waals surface area contributed by atoms with Gasteiger partial charge in [-0.3, -0.25) is 0 Å². The van der Waals surface area contributed by atoms with E-state index in [-0.39, 0.29) is 0 Å². The number of nitrogens with one attached hydrogen (secondary N) is 1. The second-order valence-electron chi connectivity index (χ2n) is 5.12. The summed E-state index contributed by atoms with van der Waals surface area (Å²) >= 11 is 0. The first-order chi connectivity index (χ1) is 8.79. The SMILES string of the molecule is CCN1CCCC(C(C)NCCc2ncno2)C1. The molecule has 2 rings (SSSR count). The molecule has 2 atom stereocenters. The summed E-state index contributed by atoms with van der Waals surface area (Å²) in [5, 5.41) is 7.19. The summed E-state index contributed by atoms with van der Waals surface area (Å²) in [5.41, 5.74) is 0. The number of piperidine rings is 1. The third-order valence-electron chi connectivity index (χ3n) is 3.91. The fourth-order valence-corrected chi connectivity index (χ4v) is 2.67. The first kappa shape index (κ1) is 13.5. The molecule has 0 bridgehead atoms. The van der Waals surface area contributed by atoms with Gasteiger partial charge in [-0.1, -0.05) is 12.1 Å². The van der Waals surface area contributed by atoms with Crippen LogP contribution < -0.4 is 5.32 Å². The van der Waals surface area contributed by atoms with E-state index in [4.69, 9.17) is 4.52 Å². The highest BCUT2D eigenvalue weighted by molar-refractivity contribution is 4.82. The van der Waals surface area contributed by atoms with E-state index >= 15 is 0 Å². The summed E-state index contributed by atoms with van der Waals surface area (Å²) in [6.45, 7) is 9.11. The third kappa shape index (κ3) is 3.78. The number of aromatic nitrogens is 2. The zero-order valence-corrected chi connectivity index (χ0v) is 11.4. The average molecular weight is 252 g/mol. The minimum Gasteiger partial charge on any atom is -0.340 e. The molecule has 0 aromatic carbocycles. The molecule has 1 fully saturated rings. The largest absolute Gasteiger partial charge is 0.340 e. The van der Waals surface area contributed by atoms with Crippen molar-refractivity contribution >= 4 is 0 Å². The van der Waals surface area contributed by atoms with Crippen molar-refractivity contribution in [2.45, 2.75) is 39.2 Å². The normalized spacial score (nSPS) is 23.1. The van der Waals surface area contributed by atoms with Gasteiger partial charge >= 0.3 is 0 Å². The van der Waals surface area contributed by atoms with Crippen LogP contribution in [0.25, 0.3) is 0 Å². The lowest BCUT2D eigenvalue weighted by molar-refractivity contribution is 0.157. The average Bonchev–Trinajstić information content (AvgIpc) is 2.92. The van der Waals surface area contributed by atoms with E-state index in [0.717, 1.165) is 18.9 Å². The van der Waals surface area contributed by atoms with Gasteiger partial charge in [-0.05, 0) is 38.8 Å². The predicted octanol–water partition coefficient (Wildman–Crippen LogP) is 1.32. The van der Waals surface area contributed by atoms with Gasteiger partial charge in [-0.15, -0.1) is 0 Å². The van der Waals surface area contributed by atoms with Crippen LogP contribution in [0.2, 0.25) is 0 Å². The highest BCUT2D eigenvalue weighted by Gasteiger charge is 2.23. The number of nitrogens with zero attached hydrogens (tertiary/aromatic N) is 3. The molecule has 102 valence electrons. The molecular formula is C13H24N4O. The van der Waals surface area contributed by atoms with E-state index < -0.39 is 0 Å². The summed E-state index contributed by atoms with van der Waals surface area (Å²) < 4.78 is 4.99. The van der Waals surface area contributed by atoms with E-state index in [9.17, 15) is 0 Å². The Morgan fingerprint density at radius 1 is 1.61 bits per heavy atom. The minimum absolute atomic E-state index is 0.558. The third-order valence-corrected chi connectivity index (χ3v) is 3.91. The van der Waals surface area contributed by atoms with E-state index in [2.05, 4.69) is 34.2 Å². The molecule has 1 aliphatic heterocycles. The van der Waals surface area contributed by atoms with Crippen LogP contribution in [0.15, 0.2) is 10.9 Å². The van der Waals surface area contributed by atoms with Gasteiger partial charge in [0.15, 0.2) is 6.33 Å². The molecule has 2 heterocycles. The summed E-state index contributed by atoms with van der Waals surface area (Å²) in [4.78, 5) is 6.57. The van der Waals surface area contributed by atoms with Crippen molar-refractivity contribution in [2.24, 2.45) is 5.92 Å². The van der Waals surface area contributed by atoms with Gasteiger partial charge in [0.1, 0.15) is 0 Å². The van der Waals surface area contributed by atoms with Gasteiger partial charge in [-0.2, -0.15) is 4.98 Å². The maximum atomic E-state index is 4.99. The molecule has 1 aliphatic rings.